The van der Waals surface area contributed by atoms with Crippen molar-refractivity contribution in [2.75, 3.05) is 26.2 Å². The minimum atomic E-state index is -0.468. The van der Waals surface area contributed by atoms with E-state index in [1.807, 2.05) is 6.92 Å². The highest BCUT2D eigenvalue weighted by atomic mass is 35.5. The third-order valence-electron chi connectivity index (χ3n) is 3.38. The average Bonchev–Trinajstić information content (AvgIpc) is 2.46. The molecule has 0 radical (unpaired) electrons. The predicted octanol–water partition coefficient (Wildman–Crippen LogP) is 2.17. The lowest BCUT2D eigenvalue weighted by Gasteiger charge is -2.34. The summed E-state index contributed by atoms with van der Waals surface area (Å²) in [6.45, 7) is 3.81. The van der Waals surface area contributed by atoms with Crippen molar-refractivity contribution in [3.05, 3.63) is 34.6 Å². The van der Waals surface area contributed by atoms with Crippen molar-refractivity contribution in [2.45, 2.75) is 13.3 Å². The molecule has 6 heteroatoms. The van der Waals surface area contributed by atoms with Gasteiger partial charge in [-0.05, 0) is 18.2 Å². The third kappa shape index (κ3) is 3.10. The van der Waals surface area contributed by atoms with E-state index < -0.39 is 5.82 Å². The largest absolute Gasteiger partial charge is 0.339 e. The van der Waals surface area contributed by atoms with E-state index in [0.29, 0.717) is 38.2 Å². The maximum atomic E-state index is 13.0. The van der Waals surface area contributed by atoms with Gasteiger partial charge in [0.2, 0.25) is 5.91 Å². The molecule has 1 aliphatic heterocycles. The molecule has 2 rings (SSSR count). The van der Waals surface area contributed by atoms with E-state index in [1.54, 1.807) is 9.80 Å². The lowest BCUT2D eigenvalue weighted by Crippen LogP contribution is -2.50. The molecular formula is C14H16ClFN2O2. The lowest BCUT2D eigenvalue weighted by atomic mass is 10.1. The summed E-state index contributed by atoms with van der Waals surface area (Å²) in [5.74, 6) is -0.597. The second-order valence-electron chi connectivity index (χ2n) is 4.65. The number of hydrogen-bond acceptors (Lipinski definition) is 2. The summed E-state index contributed by atoms with van der Waals surface area (Å²) in [5.41, 5.74) is 0.295. The highest BCUT2D eigenvalue weighted by Crippen LogP contribution is 2.20. The number of nitrogens with zero attached hydrogens (tertiary/aromatic N) is 2. The number of rotatable bonds is 2. The van der Waals surface area contributed by atoms with Crippen LogP contribution in [0.4, 0.5) is 4.39 Å². The standard InChI is InChI=1S/C14H16ClFN2O2/c1-2-13(19)17-5-7-18(8-6-17)14(20)11-4-3-10(16)9-12(11)15/h3-4,9H,2,5-8H2,1H3. The van der Waals surface area contributed by atoms with Gasteiger partial charge in [-0.3, -0.25) is 9.59 Å². The van der Waals surface area contributed by atoms with E-state index in [0.717, 1.165) is 6.07 Å². The molecular weight excluding hydrogens is 283 g/mol. The van der Waals surface area contributed by atoms with E-state index >= 15 is 0 Å². The zero-order valence-electron chi connectivity index (χ0n) is 11.2. The Morgan fingerprint density at radius 3 is 2.35 bits per heavy atom. The number of piperazine rings is 1. The molecule has 1 heterocycles. The molecule has 0 saturated carbocycles. The van der Waals surface area contributed by atoms with Crippen molar-refractivity contribution in [1.29, 1.82) is 0 Å². The van der Waals surface area contributed by atoms with Crippen LogP contribution in [-0.4, -0.2) is 47.8 Å². The Labute approximate surface area is 122 Å². The van der Waals surface area contributed by atoms with Crippen LogP contribution in [0.25, 0.3) is 0 Å². The number of benzene rings is 1. The van der Waals surface area contributed by atoms with Gasteiger partial charge in [0.1, 0.15) is 5.82 Å². The Hall–Kier alpha value is -1.62. The van der Waals surface area contributed by atoms with Crippen molar-refractivity contribution < 1.29 is 14.0 Å². The van der Waals surface area contributed by atoms with Crippen molar-refractivity contribution in [2.24, 2.45) is 0 Å². The molecule has 20 heavy (non-hydrogen) atoms. The first-order valence-electron chi connectivity index (χ1n) is 6.55. The molecule has 2 amide bonds. The summed E-state index contributed by atoms with van der Waals surface area (Å²) in [6, 6.07) is 3.74. The Morgan fingerprint density at radius 2 is 1.80 bits per heavy atom. The maximum Gasteiger partial charge on any atom is 0.255 e. The second kappa shape index (κ2) is 6.22. The minimum Gasteiger partial charge on any atom is -0.339 e. The quantitative estimate of drug-likeness (QED) is 0.839. The molecule has 1 aromatic rings. The lowest BCUT2D eigenvalue weighted by molar-refractivity contribution is -0.132. The van der Waals surface area contributed by atoms with Crippen LogP contribution in [0.3, 0.4) is 0 Å². The van der Waals surface area contributed by atoms with Crippen LogP contribution in [0.1, 0.15) is 23.7 Å². The van der Waals surface area contributed by atoms with Gasteiger partial charge in [0.05, 0.1) is 10.6 Å². The van der Waals surface area contributed by atoms with E-state index in [2.05, 4.69) is 0 Å². The van der Waals surface area contributed by atoms with Gasteiger partial charge in [-0.1, -0.05) is 18.5 Å². The van der Waals surface area contributed by atoms with Crippen LogP contribution in [-0.2, 0) is 4.79 Å². The molecule has 0 spiro atoms. The number of hydrogen-bond donors (Lipinski definition) is 0. The smallest absolute Gasteiger partial charge is 0.255 e. The Morgan fingerprint density at radius 1 is 1.20 bits per heavy atom. The number of halogens is 2. The summed E-state index contributed by atoms with van der Waals surface area (Å²) >= 11 is 5.89. The summed E-state index contributed by atoms with van der Waals surface area (Å²) in [7, 11) is 0. The first kappa shape index (κ1) is 14.8. The van der Waals surface area contributed by atoms with Crippen LogP contribution in [0.5, 0.6) is 0 Å². The van der Waals surface area contributed by atoms with Crippen LogP contribution in [0.2, 0.25) is 5.02 Å². The van der Waals surface area contributed by atoms with Crippen molar-refractivity contribution in [3.8, 4) is 0 Å². The van der Waals surface area contributed by atoms with Crippen LogP contribution in [0.15, 0.2) is 18.2 Å². The van der Waals surface area contributed by atoms with Gasteiger partial charge in [0.25, 0.3) is 5.91 Å². The van der Waals surface area contributed by atoms with Gasteiger partial charge in [-0.2, -0.15) is 0 Å². The highest BCUT2D eigenvalue weighted by molar-refractivity contribution is 6.33. The first-order chi connectivity index (χ1) is 9.52. The van der Waals surface area contributed by atoms with Crippen molar-refractivity contribution in [1.82, 2.24) is 9.80 Å². The molecule has 1 aromatic carbocycles. The Bertz CT molecular complexity index is 528. The van der Waals surface area contributed by atoms with Crippen LogP contribution < -0.4 is 0 Å². The first-order valence-corrected chi connectivity index (χ1v) is 6.92. The molecule has 0 N–H and O–H groups in total. The van der Waals surface area contributed by atoms with Gasteiger partial charge in [-0.25, -0.2) is 4.39 Å². The fourth-order valence-corrected chi connectivity index (χ4v) is 2.46. The molecule has 1 fully saturated rings. The SMILES string of the molecule is CCC(=O)N1CCN(C(=O)c2ccc(F)cc2Cl)CC1. The normalized spacial score (nSPS) is 15.3. The Balaban J connectivity index is 2.03. The fraction of sp³-hybridized carbons (Fsp3) is 0.429. The van der Waals surface area contributed by atoms with Crippen molar-refractivity contribution >= 4 is 23.4 Å². The molecule has 0 atom stereocenters. The third-order valence-corrected chi connectivity index (χ3v) is 3.70. The molecule has 0 unspecified atom stereocenters. The van der Waals surface area contributed by atoms with Gasteiger partial charge >= 0.3 is 0 Å². The maximum absolute atomic E-state index is 13.0. The number of amides is 2. The monoisotopic (exact) mass is 298 g/mol. The van der Waals surface area contributed by atoms with E-state index in [9.17, 15) is 14.0 Å². The van der Waals surface area contributed by atoms with Crippen LogP contribution >= 0.6 is 11.6 Å². The fourth-order valence-electron chi connectivity index (χ4n) is 2.22. The molecule has 0 bridgehead atoms. The molecule has 1 saturated heterocycles. The second-order valence-corrected chi connectivity index (χ2v) is 5.06. The van der Waals surface area contributed by atoms with E-state index in [-0.39, 0.29) is 16.8 Å². The summed E-state index contributed by atoms with van der Waals surface area (Å²) in [6.07, 6.45) is 0.470. The van der Waals surface area contributed by atoms with Gasteiger partial charge < -0.3 is 9.80 Å². The van der Waals surface area contributed by atoms with Gasteiger partial charge in [0, 0.05) is 32.6 Å². The number of carbonyl (C=O) groups excluding carboxylic acids is 2. The van der Waals surface area contributed by atoms with E-state index in [1.165, 1.54) is 12.1 Å². The van der Waals surface area contributed by atoms with Gasteiger partial charge in [-0.15, -0.1) is 0 Å². The zero-order chi connectivity index (χ0) is 14.7. The molecule has 1 aliphatic rings. The topological polar surface area (TPSA) is 40.6 Å². The highest BCUT2D eigenvalue weighted by Gasteiger charge is 2.25. The summed E-state index contributed by atoms with van der Waals surface area (Å²) in [5, 5.41) is 0.113. The zero-order valence-corrected chi connectivity index (χ0v) is 12.0. The summed E-state index contributed by atoms with van der Waals surface area (Å²) in [4.78, 5) is 27.2. The minimum absolute atomic E-state index is 0.0944. The predicted molar refractivity (Wildman–Crippen MR) is 74.2 cm³/mol. The van der Waals surface area contributed by atoms with E-state index in [4.69, 9.17) is 11.6 Å². The van der Waals surface area contributed by atoms with Gasteiger partial charge in [0.15, 0.2) is 0 Å². The number of carbonyl (C=O) groups is 2. The summed E-state index contributed by atoms with van der Waals surface area (Å²) < 4.78 is 13.0. The average molecular weight is 299 g/mol. The van der Waals surface area contributed by atoms with Crippen molar-refractivity contribution in [3.63, 3.8) is 0 Å². The van der Waals surface area contributed by atoms with Crippen LogP contribution in [0, 0.1) is 5.82 Å². The Kier molecular flexibility index (Phi) is 4.60. The molecule has 0 aliphatic carbocycles. The molecule has 4 nitrogen and oxygen atoms in total. The molecule has 0 aromatic heterocycles. The molecule has 108 valence electrons.